The molecule has 69 heavy (non-hydrogen) atoms. The van der Waals surface area contributed by atoms with Gasteiger partial charge in [0.1, 0.15) is 6.04 Å². The van der Waals surface area contributed by atoms with Crippen molar-refractivity contribution in [2.24, 2.45) is 12.8 Å². The van der Waals surface area contributed by atoms with E-state index in [1.165, 1.54) is 10.7 Å². The van der Waals surface area contributed by atoms with Gasteiger partial charge in [-0.2, -0.15) is 5.10 Å². The lowest BCUT2D eigenvalue weighted by Gasteiger charge is -2.36. The molecular formula is C47H56F3N11O8. The molecular weight excluding hydrogens is 904 g/mol. The van der Waals surface area contributed by atoms with Crippen molar-refractivity contribution in [3.8, 4) is 17.1 Å². The third-order valence-electron chi connectivity index (χ3n) is 12.9. The van der Waals surface area contributed by atoms with Gasteiger partial charge in [0.25, 0.3) is 17.7 Å². The summed E-state index contributed by atoms with van der Waals surface area (Å²) in [6.07, 6.45) is -0.117. The molecule has 2 aromatic heterocycles. The van der Waals surface area contributed by atoms with Gasteiger partial charge in [-0.3, -0.25) is 43.8 Å². The normalized spacial score (nSPS) is 17.9. The maximum Gasteiger partial charge on any atom is 0.573 e. The van der Waals surface area contributed by atoms with Crippen LogP contribution in [-0.2, 0) is 39.0 Å². The minimum Gasteiger partial charge on any atom is -0.404 e. The fourth-order valence-electron chi connectivity index (χ4n) is 9.24. The molecule has 2 atom stereocenters. The maximum atomic E-state index is 13.6. The van der Waals surface area contributed by atoms with E-state index in [1.807, 2.05) is 13.8 Å². The van der Waals surface area contributed by atoms with Crippen molar-refractivity contribution in [1.82, 2.24) is 34.9 Å². The lowest BCUT2D eigenvalue weighted by Crippen LogP contribution is -2.54. The van der Waals surface area contributed by atoms with Crippen LogP contribution in [0.15, 0.2) is 42.6 Å². The number of fused-ring (bicyclic) bond motifs is 4. The van der Waals surface area contributed by atoms with Gasteiger partial charge in [0.2, 0.25) is 17.8 Å². The lowest BCUT2D eigenvalue weighted by molar-refractivity contribution is -0.274. The summed E-state index contributed by atoms with van der Waals surface area (Å²) in [6.45, 7) is 10.8. The molecule has 3 aliphatic heterocycles. The number of piperazine rings is 1. The molecule has 0 spiro atoms. The van der Waals surface area contributed by atoms with E-state index in [4.69, 9.17) is 15.2 Å². The Bertz CT molecular complexity index is 2630. The highest BCUT2D eigenvalue weighted by Gasteiger charge is 2.46. The van der Waals surface area contributed by atoms with Crippen LogP contribution in [0.1, 0.15) is 95.2 Å². The van der Waals surface area contributed by atoms with Crippen LogP contribution in [0.25, 0.3) is 11.4 Å². The lowest BCUT2D eigenvalue weighted by atomic mass is 9.93. The molecule has 5 heterocycles. The molecule has 0 saturated carbocycles. The fourth-order valence-corrected chi connectivity index (χ4v) is 9.24. The number of carbonyl (C=O) groups excluding carboxylic acids is 5. The number of aromatic nitrogens is 4. The number of nitrogens with two attached hydrogens (primary N) is 1. The van der Waals surface area contributed by atoms with Crippen molar-refractivity contribution in [2.75, 3.05) is 68.0 Å². The Balaban J connectivity index is 0.790. The number of aryl methyl sites for hydroxylation is 2. The van der Waals surface area contributed by atoms with Gasteiger partial charge in [-0.25, -0.2) is 9.97 Å². The van der Waals surface area contributed by atoms with E-state index in [1.54, 1.807) is 43.6 Å². The monoisotopic (exact) mass is 959 g/mol. The maximum absolute atomic E-state index is 13.6. The number of rotatable bonds is 19. The van der Waals surface area contributed by atoms with Gasteiger partial charge in [0, 0.05) is 82.5 Å². The van der Waals surface area contributed by atoms with Gasteiger partial charge in [0.15, 0.2) is 11.4 Å². The van der Waals surface area contributed by atoms with Gasteiger partial charge >= 0.3 is 6.36 Å². The average Bonchev–Trinajstić information content (AvgIpc) is 3.78. The Morgan fingerprint density at radius 3 is 2.51 bits per heavy atom. The summed E-state index contributed by atoms with van der Waals surface area (Å²) in [6, 6.07) is 8.39. The number of anilines is 4. The van der Waals surface area contributed by atoms with Crippen LogP contribution in [0.4, 0.5) is 36.2 Å². The van der Waals surface area contributed by atoms with Crippen LogP contribution in [0.5, 0.6) is 5.75 Å². The highest BCUT2D eigenvalue weighted by Crippen LogP contribution is 2.38. The molecule has 5 amide bonds. The summed E-state index contributed by atoms with van der Waals surface area (Å²) in [5.41, 5.74) is 9.39. The van der Waals surface area contributed by atoms with E-state index in [9.17, 15) is 37.1 Å². The van der Waals surface area contributed by atoms with Crippen LogP contribution in [0, 0.1) is 0 Å². The molecule has 2 fully saturated rings. The van der Waals surface area contributed by atoms with Crippen LogP contribution >= 0.6 is 0 Å². The zero-order valence-corrected chi connectivity index (χ0v) is 38.9. The fraction of sp³-hybridized carbons (Fsp3) is 0.489. The number of amides is 5. The second kappa shape index (κ2) is 20.1. The zero-order valence-electron chi connectivity index (χ0n) is 38.9. The summed E-state index contributed by atoms with van der Waals surface area (Å²) in [7, 11) is 1.67. The summed E-state index contributed by atoms with van der Waals surface area (Å²) in [5.74, 6) is -3.27. The molecule has 4 aliphatic rings. The molecule has 0 radical (unpaired) electrons. The Labute approximate surface area is 396 Å². The SMILES string of the molecule is CCC(CCOC(C)(C)CCNc1cccc2c1C(=O)N(C1CCC(=O)NC1=O)C2=O)OCCN1CCN(c2ccc(OC(F)(F)F)c(Nc3ncc4c(n3)-c3c(c(C(N)=O)nn3C)CC4)c2)CC1. The minimum atomic E-state index is -4.94. The number of halogens is 3. The summed E-state index contributed by atoms with van der Waals surface area (Å²) in [5, 5.41) is 12.7. The molecule has 2 saturated heterocycles. The number of nitrogens with zero attached hydrogens (tertiary/aromatic N) is 7. The second-order valence-electron chi connectivity index (χ2n) is 18.1. The number of hydrogen-bond acceptors (Lipinski definition) is 15. The van der Waals surface area contributed by atoms with Gasteiger partial charge < -0.3 is 35.5 Å². The van der Waals surface area contributed by atoms with Crippen molar-refractivity contribution in [2.45, 2.75) is 89.8 Å². The smallest absolute Gasteiger partial charge is 0.404 e. The first kappa shape index (κ1) is 48.8. The average molecular weight is 960 g/mol. The number of hydrogen-bond donors (Lipinski definition) is 4. The zero-order chi connectivity index (χ0) is 49.2. The Kier molecular flexibility index (Phi) is 14.2. The number of alkyl halides is 3. The first-order valence-corrected chi connectivity index (χ1v) is 23.1. The van der Waals surface area contributed by atoms with Gasteiger partial charge in [-0.1, -0.05) is 13.0 Å². The number of ether oxygens (including phenoxy) is 3. The van der Waals surface area contributed by atoms with Crippen molar-refractivity contribution >= 4 is 52.5 Å². The highest BCUT2D eigenvalue weighted by atomic mass is 19.4. The van der Waals surface area contributed by atoms with E-state index in [-0.39, 0.29) is 47.4 Å². The standard InChI is InChI=1S/C47H56F3N11O8/c1-5-29(15-23-68-46(2,3)16-17-52-32-8-6-7-30-37(32)44(66)61(43(30)65)34-12-14-36(62)55-42(34)64)67-24-22-59-18-20-60(21-19-59)28-10-13-35(69-47(48,49)50)33(25-28)54-45-53-26-27-9-11-31-39(41(51)63)57-58(4)40(31)38(27)56-45/h6-8,10,13,25-26,29,34,52H,5,9,11-12,14-24H2,1-4H3,(H2,51,63)(H,53,54,56)(H,55,62,64). The third-order valence-corrected chi connectivity index (χ3v) is 12.9. The Hall–Kier alpha value is -6.65. The molecule has 8 rings (SSSR count). The van der Waals surface area contributed by atoms with E-state index in [0.29, 0.717) is 106 Å². The number of piperidine rings is 1. The number of carbonyl (C=O) groups is 5. The van der Waals surface area contributed by atoms with E-state index >= 15 is 0 Å². The van der Waals surface area contributed by atoms with Gasteiger partial charge in [0.05, 0.1) is 46.5 Å². The largest absolute Gasteiger partial charge is 0.573 e. The molecule has 4 aromatic rings. The molecule has 22 heteroatoms. The van der Waals surface area contributed by atoms with Gasteiger partial charge in [-0.15, -0.1) is 13.2 Å². The highest BCUT2D eigenvalue weighted by molar-refractivity contribution is 6.25. The summed E-state index contributed by atoms with van der Waals surface area (Å²) < 4.78 is 59.1. The topological polar surface area (TPSA) is 228 Å². The number of benzene rings is 2. The third kappa shape index (κ3) is 11.0. The van der Waals surface area contributed by atoms with Crippen LogP contribution in [0.2, 0.25) is 0 Å². The van der Waals surface area contributed by atoms with Gasteiger partial charge in [-0.05, 0) is 88.3 Å². The van der Waals surface area contributed by atoms with Crippen molar-refractivity contribution in [1.29, 1.82) is 0 Å². The number of primary amides is 1. The van der Waals surface area contributed by atoms with E-state index in [2.05, 4.69) is 52.5 Å². The quantitative estimate of drug-likeness (QED) is 0.0933. The molecule has 1 aliphatic carbocycles. The van der Waals surface area contributed by atoms with Crippen molar-refractivity contribution in [3.05, 3.63) is 70.5 Å². The molecule has 2 aromatic carbocycles. The van der Waals surface area contributed by atoms with Crippen molar-refractivity contribution in [3.63, 3.8) is 0 Å². The Morgan fingerprint density at radius 2 is 1.78 bits per heavy atom. The van der Waals surface area contributed by atoms with Crippen LogP contribution in [-0.4, -0.2) is 136 Å². The van der Waals surface area contributed by atoms with Crippen molar-refractivity contribution < 1.29 is 51.4 Å². The summed E-state index contributed by atoms with van der Waals surface area (Å²) in [4.78, 5) is 77.3. The molecule has 5 N–H and O–H groups in total. The Morgan fingerprint density at radius 1 is 1.00 bits per heavy atom. The van der Waals surface area contributed by atoms with Crippen LogP contribution < -0.4 is 31.3 Å². The van der Waals surface area contributed by atoms with E-state index < -0.39 is 53.3 Å². The first-order valence-electron chi connectivity index (χ1n) is 23.1. The predicted molar refractivity (Wildman–Crippen MR) is 246 cm³/mol. The summed E-state index contributed by atoms with van der Waals surface area (Å²) >= 11 is 0. The number of imide groups is 2. The predicted octanol–water partition coefficient (Wildman–Crippen LogP) is 4.72. The number of nitrogens with one attached hydrogen (secondary N) is 3. The minimum absolute atomic E-state index is 0.0239. The second-order valence-corrected chi connectivity index (χ2v) is 18.1. The molecule has 368 valence electrons. The van der Waals surface area contributed by atoms with Crippen LogP contribution in [0.3, 0.4) is 0 Å². The molecule has 19 nitrogen and oxygen atoms in total. The molecule has 0 bridgehead atoms. The first-order chi connectivity index (χ1) is 32.9. The molecule has 2 unspecified atom stereocenters. The van der Waals surface area contributed by atoms with E-state index in [0.717, 1.165) is 16.9 Å².